The molecule has 2 bridgehead atoms. The van der Waals surface area contributed by atoms with Crippen molar-refractivity contribution in [3.63, 3.8) is 0 Å². The smallest absolute Gasteiger partial charge is 0.251 e. The van der Waals surface area contributed by atoms with Crippen LogP contribution in [0, 0.1) is 5.82 Å². The summed E-state index contributed by atoms with van der Waals surface area (Å²) < 4.78 is 16.7. The Hall–Kier alpha value is -3.78. The highest BCUT2D eigenvalue weighted by Gasteiger charge is 2.40. The Labute approximate surface area is 220 Å². The lowest BCUT2D eigenvalue weighted by Gasteiger charge is -2.39. The van der Waals surface area contributed by atoms with Crippen LogP contribution in [0.2, 0.25) is 0 Å². The van der Waals surface area contributed by atoms with E-state index in [4.69, 9.17) is 10.8 Å². The van der Waals surface area contributed by atoms with Gasteiger partial charge in [0.25, 0.3) is 5.91 Å². The summed E-state index contributed by atoms with van der Waals surface area (Å²) in [7, 11) is 0. The highest BCUT2D eigenvalue weighted by atomic mass is 19.1. The van der Waals surface area contributed by atoms with E-state index in [-0.39, 0.29) is 11.7 Å². The van der Waals surface area contributed by atoms with Crippen molar-refractivity contribution in [3.8, 4) is 11.3 Å². The van der Waals surface area contributed by atoms with Gasteiger partial charge in [0.15, 0.2) is 0 Å². The number of hydrogen-bond donors (Lipinski definition) is 2. The van der Waals surface area contributed by atoms with Crippen molar-refractivity contribution in [3.05, 3.63) is 77.4 Å². The van der Waals surface area contributed by atoms with Gasteiger partial charge in [0, 0.05) is 41.0 Å². The molecule has 2 atom stereocenters. The number of aliphatic hydroxyl groups is 1. The number of halogens is 1. The third-order valence-corrected chi connectivity index (χ3v) is 8.49. The maximum atomic E-state index is 14.9. The Morgan fingerprint density at radius 3 is 2.47 bits per heavy atom. The highest BCUT2D eigenvalue weighted by Crippen LogP contribution is 2.42. The Balaban J connectivity index is 1.29. The summed E-state index contributed by atoms with van der Waals surface area (Å²) in [5.74, 6) is -0.932. The van der Waals surface area contributed by atoms with Gasteiger partial charge in [-0.3, -0.25) is 14.5 Å². The number of aliphatic hydroxyl groups excluding tert-OH is 1. The number of carbonyl (C=O) groups excluding carboxylic acids is 1. The molecule has 0 spiro atoms. The second-order valence-electron chi connectivity index (χ2n) is 11.0. The number of amides is 1. The normalized spacial score (nSPS) is 22.8. The SMILES string of the molecule is NC(=O)c1cc2c(-c3ccc(N4C5CCC4CC(O)C5)cc3)nn(Cc3ncccc3C3CC3)c2cc1F. The number of piperidine rings is 1. The maximum absolute atomic E-state index is 14.9. The molecule has 3 aliphatic rings. The summed E-state index contributed by atoms with van der Waals surface area (Å²) >= 11 is 0. The van der Waals surface area contributed by atoms with Crippen LogP contribution in [0.4, 0.5) is 10.1 Å². The summed E-state index contributed by atoms with van der Waals surface area (Å²) in [6.45, 7) is 0.413. The molecule has 0 radical (unpaired) electrons. The fourth-order valence-electron chi connectivity index (χ4n) is 6.57. The number of fused-ring (bicyclic) bond motifs is 3. The van der Waals surface area contributed by atoms with Crippen LogP contribution in [0.3, 0.4) is 0 Å². The van der Waals surface area contributed by atoms with E-state index >= 15 is 0 Å². The number of rotatable bonds is 6. The van der Waals surface area contributed by atoms with Crippen LogP contribution >= 0.6 is 0 Å². The van der Waals surface area contributed by atoms with Crippen molar-refractivity contribution in [1.29, 1.82) is 0 Å². The van der Waals surface area contributed by atoms with E-state index in [0.717, 1.165) is 55.5 Å². The Morgan fingerprint density at radius 2 is 1.79 bits per heavy atom. The number of pyridine rings is 1. The van der Waals surface area contributed by atoms with Crippen LogP contribution in [-0.4, -0.2) is 44.0 Å². The number of benzene rings is 2. The topological polar surface area (TPSA) is 97.3 Å². The zero-order chi connectivity index (χ0) is 26.0. The van der Waals surface area contributed by atoms with Crippen LogP contribution in [-0.2, 0) is 6.54 Å². The van der Waals surface area contributed by atoms with Crippen molar-refractivity contribution < 1.29 is 14.3 Å². The molecule has 194 valence electrons. The molecule has 4 aromatic rings. The number of hydrogen-bond acceptors (Lipinski definition) is 5. The zero-order valence-corrected chi connectivity index (χ0v) is 21.1. The summed E-state index contributed by atoms with van der Waals surface area (Å²) in [5.41, 5.74) is 10.8. The average molecular weight is 512 g/mol. The molecular formula is C30H30FN5O2. The van der Waals surface area contributed by atoms with Gasteiger partial charge in [0.1, 0.15) is 11.5 Å². The van der Waals surface area contributed by atoms with Gasteiger partial charge in [0.05, 0.1) is 29.4 Å². The van der Waals surface area contributed by atoms with Gasteiger partial charge in [-0.15, -0.1) is 0 Å². The molecule has 7 nitrogen and oxygen atoms in total. The van der Waals surface area contributed by atoms with Crippen LogP contribution in [0.5, 0.6) is 0 Å². The number of anilines is 1. The number of carbonyl (C=O) groups is 1. The Kier molecular flexibility index (Phi) is 5.47. The predicted molar refractivity (Wildman–Crippen MR) is 143 cm³/mol. The van der Waals surface area contributed by atoms with Crippen molar-refractivity contribution in [2.75, 3.05) is 4.90 Å². The molecule has 3 N–H and O–H groups in total. The van der Waals surface area contributed by atoms with Crippen molar-refractivity contribution in [1.82, 2.24) is 14.8 Å². The first-order valence-electron chi connectivity index (χ1n) is 13.5. The lowest BCUT2D eigenvalue weighted by atomic mass is 9.98. The van der Waals surface area contributed by atoms with E-state index in [9.17, 15) is 14.3 Å². The summed E-state index contributed by atoms with van der Waals surface area (Å²) in [6.07, 6.45) is 7.72. The molecule has 4 heterocycles. The molecule has 7 rings (SSSR count). The predicted octanol–water partition coefficient (Wildman–Crippen LogP) is 4.75. The van der Waals surface area contributed by atoms with Crippen molar-refractivity contribution in [2.24, 2.45) is 5.73 Å². The van der Waals surface area contributed by atoms with Gasteiger partial charge in [-0.1, -0.05) is 18.2 Å². The monoisotopic (exact) mass is 511 g/mol. The van der Waals surface area contributed by atoms with Gasteiger partial charge in [-0.05, 0) is 74.3 Å². The quantitative estimate of drug-likeness (QED) is 0.389. The van der Waals surface area contributed by atoms with Gasteiger partial charge >= 0.3 is 0 Å². The van der Waals surface area contributed by atoms with Crippen LogP contribution in [0.25, 0.3) is 22.2 Å². The molecular weight excluding hydrogens is 481 g/mol. The van der Waals surface area contributed by atoms with E-state index < -0.39 is 11.7 Å². The third kappa shape index (κ3) is 3.95. The number of primary amides is 1. The summed E-state index contributed by atoms with van der Waals surface area (Å²) in [5, 5.41) is 15.8. The fourth-order valence-corrected chi connectivity index (χ4v) is 6.57. The first-order valence-corrected chi connectivity index (χ1v) is 13.5. The molecule has 2 unspecified atom stereocenters. The van der Waals surface area contributed by atoms with E-state index in [1.54, 1.807) is 10.9 Å². The minimum absolute atomic E-state index is 0.144. The fraction of sp³-hybridized carbons (Fsp3) is 0.367. The van der Waals surface area contributed by atoms with E-state index in [1.807, 2.05) is 18.2 Å². The molecule has 2 aliphatic heterocycles. The average Bonchev–Trinajstić information content (AvgIpc) is 3.64. The number of aromatic nitrogens is 3. The lowest BCUT2D eigenvalue weighted by Crippen LogP contribution is -2.44. The standard InChI is InChI=1S/C30H30FN5O2/c31-26-15-28-25(14-24(26)30(32)38)29(34-35(28)16-27-23(17-3-4-17)2-1-11-33-27)18-5-7-19(8-6-18)36-20-9-10-21(36)13-22(37)12-20/h1-2,5-8,11,14-15,17,20-22,37H,3-4,9-10,12-13,16H2,(H2,32,38). The van der Waals surface area contributed by atoms with E-state index in [1.165, 1.54) is 17.7 Å². The minimum Gasteiger partial charge on any atom is -0.393 e. The van der Waals surface area contributed by atoms with E-state index in [0.29, 0.717) is 41.1 Å². The van der Waals surface area contributed by atoms with E-state index in [2.05, 4.69) is 28.1 Å². The molecule has 1 saturated carbocycles. The molecule has 1 aliphatic carbocycles. The second-order valence-corrected chi connectivity index (χ2v) is 11.0. The Bertz CT molecular complexity index is 1530. The molecule has 2 aromatic carbocycles. The van der Waals surface area contributed by atoms with Crippen LogP contribution in [0.15, 0.2) is 54.7 Å². The van der Waals surface area contributed by atoms with Gasteiger partial charge in [-0.25, -0.2) is 4.39 Å². The van der Waals surface area contributed by atoms with Crippen LogP contribution < -0.4 is 10.6 Å². The molecule has 3 fully saturated rings. The number of nitrogens with two attached hydrogens (primary N) is 1. The summed E-state index contributed by atoms with van der Waals surface area (Å²) in [6, 6.07) is 16.0. The van der Waals surface area contributed by atoms with Crippen molar-refractivity contribution in [2.45, 2.75) is 69.2 Å². The van der Waals surface area contributed by atoms with Crippen molar-refractivity contribution >= 4 is 22.5 Å². The summed E-state index contributed by atoms with van der Waals surface area (Å²) in [4.78, 5) is 19.1. The largest absolute Gasteiger partial charge is 0.393 e. The van der Waals surface area contributed by atoms with Gasteiger partial charge < -0.3 is 15.7 Å². The first-order chi connectivity index (χ1) is 18.5. The molecule has 38 heavy (non-hydrogen) atoms. The molecule has 8 heteroatoms. The third-order valence-electron chi connectivity index (χ3n) is 8.49. The highest BCUT2D eigenvalue weighted by molar-refractivity contribution is 6.01. The maximum Gasteiger partial charge on any atom is 0.251 e. The second kappa shape index (κ2) is 8.91. The zero-order valence-electron chi connectivity index (χ0n) is 21.1. The van der Waals surface area contributed by atoms with Crippen LogP contribution in [0.1, 0.15) is 66.1 Å². The molecule has 2 aromatic heterocycles. The van der Waals surface area contributed by atoms with Gasteiger partial charge in [-0.2, -0.15) is 5.10 Å². The number of nitrogens with zero attached hydrogens (tertiary/aromatic N) is 4. The molecule has 1 amide bonds. The Morgan fingerprint density at radius 1 is 1.05 bits per heavy atom. The first kappa shape index (κ1) is 23.3. The lowest BCUT2D eigenvalue weighted by molar-refractivity contribution is 0.0996. The van der Waals surface area contributed by atoms with Gasteiger partial charge in [0.2, 0.25) is 0 Å². The molecule has 2 saturated heterocycles. The minimum atomic E-state index is -0.804.